The smallest absolute Gasteiger partial charge is 0.308 e. The Balaban J connectivity index is 0. The number of ether oxygens (including phenoxy) is 2. The van der Waals surface area contributed by atoms with Crippen LogP contribution in [0, 0.1) is 5.92 Å². The maximum atomic E-state index is 10.4. The molecule has 0 N–H and O–H groups in total. The van der Waals surface area contributed by atoms with Gasteiger partial charge in [-0.2, -0.15) is 0 Å². The molecule has 0 fully saturated rings. The third-order valence-corrected chi connectivity index (χ3v) is 1.43. The summed E-state index contributed by atoms with van der Waals surface area (Å²) in [6.45, 7) is 7.86. The second-order valence-electron chi connectivity index (χ2n) is 3.23. The lowest BCUT2D eigenvalue weighted by molar-refractivity contribution is -0.144. The highest BCUT2D eigenvalue weighted by atomic mass is 16.5. The van der Waals surface area contributed by atoms with Crippen LogP contribution in [-0.2, 0) is 19.1 Å². The van der Waals surface area contributed by atoms with Crippen LogP contribution in [0.2, 0.25) is 0 Å². The monoisotopic (exact) mass is 218 g/mol. The second kappa shape index (κ2) is 11.0. The van der Waals surface area contributed by atoms with Gasteiger partial charge in [0, 0.05) is 6.42 Å². The summed E-state index contributed by atoms with van der Waals surface area (Å²) in [5.41, 5.74) is 0. The molecule has 4 heteroatoms. The molecular weight excluding hydrogens is 196 g/mol. The Bertz CT molecular complexity index is 167. The highest BCUT2D eigenvalue weighted by Crippen LogP contribution is 1.92. The fraction of sp³-hybridized carbons (Fsp3) is 0.818. The molecule has 0 rings (SSSR count). The standard InChI is InChI=1S/C6H12O2.C5H10O2/c1-3-5-6(7)8-4-2;1-4(2)5(6)7-3/h3-5H2,1-2H3;4H,1-3H3. The first-order valence-electron chi connectivity index (χ1n) is 5.22. The number of carbonyl (C=O) groups excluding carboxylic acids is 2. The second-order valence-corrected chi connectivity index (χ2v) is 3.23. The average molecular weight is 218 g/mol. The summed E-state index contributed by atoms with van der Waals surface area (Å²) in [6.07, 6.45) is 1.42. The van der Waals surface area contributed by atoms with E-state index in [-0.39, 0.29) is 17.9 Å². The topological polar surface area (TPSA) is 52.6 Å². The van der Waals surface area contributed by atoms with Gasteiger partial charge in [-0.15, -0.1) is 0 Å². The van der Waals surface area contributed by atoms with E-state index in [0.29, 0.717) is 13.0 Å². The van der Waals surface area contributed by atoms with Crippen molar-refractivity contribution in [1.29, 1.82) is 0 Å². The van der Waals surface area contributed by atoms with Crippen LogP contribution in [0.3, 0.4) is 0 Å². The Morgan fingerprint density at radius 1 is 1.20 bits per heavy atom. The molecule has 0 saturated heterocycles. The minimum absolute atomic E-state index is 0.00463. The van der Waals surface area contributed by atoms with E-state index < -0.39 is 0 Å². The van der Waals surface area contributed by atoms with Crippen LogP contribution < -0.4 is 0 Å². The first-order chi connectivity index (χ1) is 6.99. The lowest BCUT2D eigenvalue weighted by Gasteiger charge is -1.97. The van der Waals surface area contributed by atoms with Crippen molar-refractivity contribution in [3.8, 4) is 0 Å². The minimum atomic E-state index is -0.153. The molecule has 0 saturated carbocycles. The minimum Gasteiger partial charge on any atom is -0.469 e. The normalized spacial score (nSPS) is 8.93. The van der Waals surface area contributed by atoms with Crippen LogP contribution in [0.4, 0.5) is 0 Å². The molecule has 15 heavy (non-hydrogen) atoms. The maximum Gasteiger partial charge on any atom is 0.308 e. The first kappa shape index (κ1) is 16.4. The number of hydrogen-bond donors (Lipinski definition) is 0. The summed E-state index contributed by atoms with van der Waals surface area (Å²) in [5.74, 6) is -0.236. The van der Waals surface area contributed by atoms with Gasteiger partial charge in [0.15, 0.2) is 0 Å². The Kier molecular flexibility index (Phi) is 12.0. The Hall–Kier alpha value is -1.06. The zero-order valence-electron chi connectivity index (χ0n) is 10.3. The number of methoxy groups -OCH3 is 1. The highest BCUT2D eigenvalue weighted by molar-refractivity contribution is 5.71. The maximum absolute atomic E-state index is 10.4. The molecule has 0 unspecified atom stereocenters. The van der Waals surface area contributed by atoms with Crippen molar-refractivity contribution in [1.82, 2.24) is 0 Å². The van der Waals surface area contributed by atoms with Crippen LogP contribution in [-0.4, -0.2) is 25.7 Å². The summed E-state index contributed by atoms with van der Waals surface area (Å²) < 4.78 is 9.02. The van der Waals surface area contributed by atoms with Crippen molar-refractivity contribution in [3.05, 3.63) is 0 Å². The van der Waals surface area contributed by atoms with Crippen molar-refractivity contribution >= 4 is 11.9 Å². The van der Waals surface area contributed by atoms with E-state index in [1.807, 2.05) is 13.8 Å². The zero-order valence-corrected chi connectivity index (χ0v) is 10.3. The van der Waals surface area contributed by atoms with Gasteiger partial charge in [-0.1, -0.05) is 20.8 Å². The molecule has 0 aliphatic carbocycles. The van der Waals surface area contributed by atoms with Crippen molar-refractivity contribution < 1.29 is 19.1 Å². The van der Waals surface area contributed by atoms with Gasteiger partial charge in [0.2, 0.25) is 0 Å². The summed E-state index contributed by atoms with van der Waals surface area (Å²) in [6, 6.07) is 0. The van der Waals surface area contributed by atoms with Crippen LogP contribution in [0.1, 0.15) is 40.5 Å². The summed E-state index contributed by atoms with van der Waals surface area (Å²) in [4.78, 5) is 20.7. The molecule has 0 aliphatic heterocycles. The van der Waals surface area contributed by atoms with Crippen LogP contribution in [0.5, 0.6) is 0 Å². The first-order valence-corrected chi connectivity index (χ1v) is 5.22. The summed E-state index contributed by atoms with van der Waals surface area (Å²) >= 11 is 0. The number of hydrogen-bond acceptors (Lipinski definition) is 4. The van der Waals surface area contributed by atoms with Gasteiger partial charge in [-0.3, -0.25) is 9.59 Å². The molecule has 0 aromatic carbocycles. The third-order valence-electron chi connectivity index (χ3n) is 1.43. The van der Waals surface area contributed by atoms with Crippen LogP contribution in [0.25, 0.3) is 0 Å². The van der Waals surface area contributed by atoms with Gasteiger partial charge in [-0.05, 0) is 13.3 Å². The van der Waals surface area contributed by atoms with Crippen LogP contribution >= 0.6 is 0 Å². The Morgan fingerprint density at radius 3 is 1.93 bits per heavy atom. The fourth-order valence-corrected chi connectivity index (χ4v) is 0.673. The van der Waals surface area contributed by atoms with Gasteiger partial charge in [0.1, 0.15) is 0 Å². The van der Waals surface area contributed by atoms with E-state index in [1.54, 1.807) is 13.8 Å². The van der Waals surface area contributed by atoms with E-state index in [1.165, 1.54) is 7.11 Å². The summed E-state index contributed by atoms with van der Waals surface area (Å²) in [5, 5.41) is 0. The lowest BCUT2D eigenvalue weighted by atomic mass is 10.2. The van der Waals surface area contributed by atoms with E-state index in [4.69, 9.17) is 0 Å². The van der Waals surface area contributed by atoms with E-state index in [2.05, 4.69) is 9.47 Å². The van der Waals surface area contributed by atoms with Gasteiger partial charge in [-0.25, -0.2) is 0 Å². The largest absolute Gasteiger partial charge is 0.469 e. The molecule has 0 amide bonds. The predicted molar refractivity (Wildman–Crippen MR) is 58.4 cm³/mol. The predicted octanol–water partition coefficient (Wildman–Crippen LogP) is 2.17. The number of carbonyl (C=O) groups is 2. The SMILES string of the molecule is CCCC(=O)OCC.COC(=O)C(C)C. The third kappa shape index (κ3) is 12.9. The summed E-state index contributed by atoms with van der Waals surface area (Å²) in [7, 11) is 1.39. The number of esters is 2. The van der Waals surface area contributed by atoms with Crippen molar-refractivity contribution in [2.45, 2.75) is 40.5 Å². The molecule has 0 bridgehead atoms. The van der Waals surface area contributed by atoms with E-state index >= 15 is 0 Å². The molecule has 0 spiro atoms. The van der Waals surface area contributed by atoms with Crippen molar-refractivity contribution in [2.24, 2.45) is 5.92 Å². The van der Waals surface area contributed by atoms with Crippen LogP contribution in [0.15, 0.2) is 0 Å². The lowest BCUT2D eigenvalue weighted by Crippen LogP contribution is -2.07. The Labute approximate surface area is 91.9 Å². The van der Waals surface area contributed by atoms with Gasteiger partial charge < -0.3 is 9.47 Å². The van der Waals surface area contributed by atoms with Crippen molar-refractivity contribution in [3.63, 3.8) is 0 Å². The Morgan fingerprint density at radius 2 is 1.73 bits per heavy atom. The number of rotatable bonds is 4. The molecular formula is C11H22O4. The van der Waals surface area contributed by atoms with Gasteiger partial charge in [0.05, 0.1) is 19.6 Å². The van der Waals surface area contributed by atoms with E-state index in [9.17, 15) is 9.59 Å². The fourth-order valence-electron chi connectivity index (χ4n) is 0.673. The molecule has 4 nitrogen and oxygen atoms in total. The highest BCUT2D eigenvalue weighted by Gasteiger charge is 2.03. The molecule has 0 aromatic rings. The van der Waals surface area contributed by atoms with Gasteiger partial charge in [0.25, 0.3) is 0 Å². The quantitative estimate of drug-likeness (QED) is 0.678. The molecule has 0 aromatic heterocycles. The molecule has 0 heterocycles. The average Bonchev–Trinajstić information content (AvgIpc) is 2.18. The zero-order chi connectivity index (χ0) is 12.3. The van der Waals surface area contributed by atoms with Gasteiger partial charge >= 0.3 is 11.9 Å². The van der Waals surface area contributed by atoms with Crippen molar-refractivity contribution in [2.75, 3.05) is 13.7 Å². The van der Waals surface area contributed by atoms with E-state index in [0.717, 1.165) is 6.42 Å². The molecule has 0 atom stereocenters. The molecule has 0 aliphatic rings. The molecule has 0 radical (unpaired) electrons. The molecule has 90 valence electrons.